The summed E-state index contributed by atoms with van der Waals surface area (Å²) >= 11 is 0. The zero-order valence-electron chi connectivity index (χ0n) is 8.68. The topological polar surface area (TPSA) is 19.7 Å². The molecule has 0 fully saturated rings. The summed E-state index contributed by atoms with van der Waals surface area (Å²) in [4.78, 5) is 3.17. The van der Waals surface area contributed by atoms with Gasteiger partial charge in [-0.25, -0.2) is 9.55 Å². The lowest BCUT2D eigenvalue weighted by atomic mass is 10.1. The molecule has 0 saturated carbocycles. The van der Waals surface area contributed by atoms with Crippen LogP contribution in [0.2, 0.25) is 0 Å². The Kier molecular flexibility index (Phi) is 6.37. The van der Waals surface area contributed by atoms with Crippen LogP contribution in [0.4, 0.5) is 0 Å². The highest BCUT2D eigenvalue weighted by atomic mass is 127. The van der Waals surface area contributed by atoms with Crippen molar-refractivity contribution in [2.75, 3.05) is 0 Å². The lowest BCUT2D eigenvalue weighted by molar-refractivity contribution is -0.702. The van der Waals surface area contributed by atoms with Gasteiger partial charge in [-0.3, -0.25) is 0 Å². The number of halogens is 1. The van der Waals surface area contributed by atoms with Crippen LogP contribution in [0, 0.1) is 12.8 Å². The Hall–Kier alpha value is -0.0600. The zero-order chi connectivity index (χ0) is 8.97. The third-order valence-corrected chi connectivity index (χ3v) is 2.16. The van der Waals surface area contributed by atoms with Crippen molar-refractivity contribution < 1.29 is 28.5 Å². The Morgan fingerprint density at radius 2 is 2.15 bits per heavy atom. The predicted octanol–water partition coefficient (Wildman–Crippen LogP) is -0.949. The Bertz CT molecular complexity index is 231. The van der Waals surface area contributed by atoms with Crippen molar-refractivity contribution in [1.82, 2.24) is 4.98 Å². The maximum Gasteiger partial charge on any atom is 0.251 e. The van der Waals surface area contributed by atoms with Crippen LogP contribution in [0.3, 0.4) is 0 Å². The average Bonchev–Trinajstić information content (AvgIpc) is 2.36. The van der Waals surface area contributed by atoms with E-state index >= 15 is 0 Å². The normalized spacial score (nSPS) is 10.2. The molecule has 0 aliphatic rings. The quantitative estimate of drug-likeness (QED) is 0.546. The molecule has 3 heteroatoms. The van der Waals surface area contributed by atoms with E-state index in [-0.39, 0.29) is 24.0 Å². The summed E-state index contributed by atoms with van der Waals surface area (Å²) in [6.45, 7) is 7.80. The van der Waals surface area contributed by atoms with Crippen LogP contribution in [-0.2, 0) is 6.54 Å². The van der Waals surface area contributed by atoms with Crippen LogP contribution in [-0.4, -0.2) is 4.98 Å². The van der Waals surface area contributed by atoms with Crippen molar-refractivity contribution in [2.24, 2.45) is 5.92 Å². The van der Waals surface area contributed by atoms with E-state index in [1.807, 2.05) is 6.20 Å². The number of nitrogens with zero attached hydrogens (tertiary/aromatic N) is 1. The van der Waals surface area contributed by atoms with Gasteiger partial charge in [0.15, 0.2) is 0 Å². The van der Waals surface area contributed by atoms with Crippen LogP contribution < -0.4 is 28.5 Å². The number of H-pyrrole nitrogens is 1. The molecule has 1 heterocycles. The van der Waals surface area contributed by atoms with Crippen molar-refractivity contribution in [3.63, 3.8) is 0 Å². The summed E-state index contributed by atoms with van der Waals surface area (Å²) in [6, 6.07) is 0. The maximum absolute atomic E-state index is 3.17. The second kappa shape index (κ2) is 6.40. The minimum Gasteiger partial charge on any atom is -1.00 e. The number of aromatic amines is 1. The lowest BCUT2D eigenvalue weighted by Gasteiger charge is -2.02. The Morgan fingerprint density at radius 1 is 1.46 bits per heavy atom. The zero-order valence-corrected chi connectivity index (χ0v) is 10.8. The van der Waals surface area contributed by atoms with Crippen molar-refractivity contribution in [2.45, 2.75) is 40.2 Å². The molecule has 0 spiro atoms. The molecular formula is C10H19IN2. The van der Waals surface area contributed by atoms with Crippen LogP contribution in [0.1, 0.15) is 32.5 Å². The van der Waals surface area contributed by atoms with Gasteiger partial charge in [0.1, 0.15) is 12.4 Å². The smallest absolute Gasteiger partial charge is 0.251 e. The van der Waals surface area contributed by atoms with Gasteiger partial charge in [0.2, 0.25) is 0 Å². The molecule has 0 aliphatic carbocycles. The molecule has 0 saturated heterocycles. The third kappa shape index (κ3) is 4.64. The molecular weight excluding hydrogens is 275 g/mol. The summed E-state index contributed by atoms with van der Waals surface area (Å²) in [6.07, 6.45) is 6.69. The summed E-state index contributed by atoms with van der Waals surface area (Å²) in [5.41, 5.74) is 0. The predicted molar refractivity (Wildman–Crippen MR) is 49.8 cm³/mol. The van der Waals surface area contributed by atoms with E-state index in [9.17, 15) is 0 Å². The molecule has 0 atom stereocenters. The van der Waals surface area contributed by atoms with E-state index < -0.39 is 0 Å². The van der Waals surface area contributed by atoms with Crippen molar-refractivity contribution in [3.05, 3.63) is 18.2 Å². The summed E-state index contributed by atoms with van der Waals surface area (Å²) in [5, 5.41) is 0. The molecule has 0 unspecified atom stereocenters. The number of aromatic nitrogens is 2. The minimum absolute atomic E-state index is 0. The number of hydrogen-bond donors (Lipinski definition) is 1. The molecule has 1 N–H and O–H groups in total. The molecule has 0 aliphatic heterocycles. The van der Waals surface area contributed by atoms with E-state index in [1.165, 1.54) is 18.7 Å². The monoisotopic (exact) mass is 294 g/mol. The van der Waals surface area contributed by atoms with Crippen molar-refractivity contribution >= 4 is 0 Å². The molecule has 1 aromatic rings. The summed E-state index contributed by atoms with van der Waals surface area (Å²) < 4.78 is 2.27. The fraction of sp³-hybridized carbons (Fsp3) is 0.700. The first-order valence-electron chi connectivity index (χ1n) is 4.73. The first-order chi connectivity index (χ1) is 5.70. The number of rotatable bonds is 4. The van der Waals surface area contributed by atoms with E-state index in [2.05, 4.69) is 36.5 Å². The Labute approximate surface area is 97.8 Å². The molecule has 76 valence electrons. The molecule has 1 rings (SSSR count). The van der Waals surface area contributed by atoms with E-state index in [0.717, 1.165) is 12.5 Å². The van der Waals surface area contributed by atoms with Crippen LogP contribution in [0.25, 0.3) is 0 Å². The number of aryl methyl sites for hydroxylation is 2. The van der Waals surface area contributed by atoms with Crippen molar-refractivity contribution in [3.8, 4) is 0 Å². The second-order valence-electron chi connectivity index (χ2n) is 3.77. The van der Waals surface area contributed by atoms with Gasteiger partial charge in [0.25, 0.3) is 5.82 Å². The molecule has 0 bridgehead atoms. The highest BCUT2D eigenvalue weighted by Crippen LogP contribution is 2.02. The van der Waals surface area contributed by atoms with E-state index in [0.29, 0.717) is 0 Å². The number of nitrogens with one attached hydrogen (secondary N) is 1. The lowest BCUT2D eigenvalue weighted by Crippen LogP contribution is -3.00. The Balaban J connectivity index is 0.00000144. The summed E-state index contributed by atoms with van der Waals surface area (Å²) in [7, 11) is 0. The molecule has 2 nitrogen and oxygen atoms in total. The van der Waals surface area contributed by atoms with Gasteiger partial charge in [0.05, 0.1) is 6.54 Å². The van der Waals surface area contributed by atoms with Crippen molar-refractivity contribution in [1.29, 1.82) is 0 Å². The SMILES string of the molecule is Cc1[nH]cc[n+]1CCCC(C)C.[I-]. The largest absolute Gasteiger partial charge is 1.00 e. The number of imidazole rings is 1. The van der Waals surface area contributed by atoms with Gasteiger partial charge < -0.3 is 24.0 Å². The van der Waals surface area contributed by atoms with Crippen LogP contribution in [0.15, 0.2) is 12.4 Å². The molecule has 13 heavy (non-hydrogen) atoms. The molecule has 0 radical (unpaired) electrons. The Morgan fingerprint density at radius 3 is 2.62 bits per heavy atom. The van der Waals surface area contributed by atoms with Crippen LogP contribution in [0.5, 0.6) is 0 Å². The number of hydrogen-bond acceptors (Lipinski definition) is 0. The maximum atomic E-state index is 3.17. The average molecular weight is 294 g/mol. The van der Waals surface area contributed by atoms with Gasteiger partial charge in [-0.1, -0.05) is 13.8 Å². The first-order valence-corrected chi connectivity index (χ1v) is 4.73. The van der Waals surface area contributed by atoms with Gasteiger partial charge in [-0.05, 0) is 18.8 Å². The fourth-order valence-electron chi connectivity index (χ4n) is 1.35. The van der Waals surface area contributed by atoms with Gasteiger partial charge in [0, 0.05) is 6.92 Å². The third-order valence-electron chi connectivity index (χ3n) is 2.16. The van der Waals surface area contributed by atoms with E-state index in [4.69, 9.17) is 0 Å². The highest BCUT2D eigenvalue weighted by molar-refractivity contribution is 4.70. The van der Waals surface area contributed by atoms with Gasteiger partial charge >= 0.3 is 0 Å². The van der Waals surface area contributed by atoms with Gasteiger partial charge in [-0.2, -0.15) is 0 Å². The van der Waals surface area contributed by atoms with Gasteiger partial charge in [-0.15, -0.1) is 0 Å². The van der Waals surface area contributed by atoms with E-state index in [1.54, 1.807) is 0 Å². The summed E-state index contributed by atoms with van der Waals surface area (Å²) in [5.74, 6) is 2.07. The molecule has 1 aromatic heterocycles. The molecule has 0 aromatic carbocycles. The van der Waals surface area contributed by atoms with Crippen LogP contribution >= 0.6 is 0 Å². The second-order valence-corrected chi connectivity index (χ2v) is 3.77. The fourth-order valence-corrected chi connectivity index (χ4v) is 1.35. The minimum atomic E-state index is 0. The standard InChI is InChI=1S/C10H18N2.HI/c1-9(2)5-4-7-12-8-6-11-10(12)3;/h6,8-9H,4-5,7H2,1-3H3;1H. The highest BCUT2D eigenvalue weighted by Gasteiger charge is 2.03. The first kappa shape index (κ1) is 12.9. The molecule has 0 amide bonds.